The first-order valence-electron chi connectivity index (χ1n) is 6.03. The number of nitrogens with zero attached hydrogens (tertiary/aromatic N) is 3. The first-order chi connectivity index (χ1) is 8.90. The summed E-state index contributed by atoms with van der Waals surface area (Å²) >= 11 is 0. The largest absolute Gasteiger partial charge is 0.468 e. The molecule has 0 bridgehead atoms. The van der Waals surface area contributed by atoms with E-state index in [1.807, 2.05) is 13.8 Å². The van der Waals surface area contributed by atoms with Crippen LogP contribution < -0.4 is 0 Å². The fourth-order valence-electron chi connectivity index (χ4n) is 1.84. The van der Waals surface area contributed by atoms with Crippen LogP contribution in [0.1, 0.15) is 25.4 Å². The van der Waals surface area contributed by atoms with Gasteiger partial charge in [-0.2, -0.15) is 5.10 Å². The summed E-state index contributed by atoms with van der Waals surface area (Å²) in [5.74, 6) is 1.06. The lowest BCUT2D eigenvalue weighted by atomic mass is 10.2. The SMILES string of the molecule is Cc1occc1S(=O)(=O)Cc1ncnn1CC(C)C. The van der Waals surface area contributed by atoms with Gasteiger partial charge in [-0.05, 0) is 18.9 Å². The number of furan rings is 1. The minimum Gasteiger partial charge on any atom is -0.468 e. The summed E-state index contributed by atoms with van der Waals surface area (Å²) in [5.41, 5.74) is 0. The second kappa shape index (κ2) is 5.16. The maximum atomic E-state index is 12.3. The molecule has 0 saturated carbocycles. The van der Waals surface area contributed by atoms with E-state index >= 15 is 0 Å². The van der Waals surface area contributed by atoms with E-state index in [0.717, 1.165) is 0 Å². The average Bonchev–Trinajstić information content (AvgIpc) is 2.88. The molecule has 2 aromatic rings. The van der Waals surface area contributed by atoms with E-state index in [1.54, 1.807) is 11.6 Å². The Morgan fingerprint density at radius 3 is 2.74 bits per heavy atom. The molecule has 0 aliphatic heterocycles. The summed E-state index contributed by atoms with van der Waals surface area (Å²) in [4.78, 5) is 4.25. The summed E-state index contributed by atoms with van der Waals surface area (Å²) < 4.78 is 31.2. The molecule has 0 spiro atoms. The summed E-state index contributed by atoms with van der Waals surface area (Å²) in [6, 6.07) is 1.47. The predicted molar refractivity (Wildman–Crippen MR) is 69.2 cm³/mol. The molecule has 0 aliphatic rings. The number of hydrogen-bond donors (Lipinski definition) is 0. The van der Waals surface area contributed by atoms with Crippen molar-refractivity contribution < 1.29 is 12.8 Å². The highest BCUT2D eigenvalue weighted by Gasteiger charge is 2.22. The van der Waals surface area contributed by atoms with Crippen molar-refractivity contribution in [2.75, 3.05) is 0 Å². The van der Waals surface area contributed by atoms with Gasteiger partial charge in [0, 0.05) is 6.54 Å². The lowest BCUT2D eigenvalue weighted by Gasteiger charge is -2.08. The van der Waals surface area contributed by atoms with E-state index in [9.17, 15) is 8.42 Å². The van der Waals surface area contributed by atoms with Crippen LogP contribution in [0.2, 0.25) is 0 Å². The topological polar surface area (TPSA) is 78.0 Å². The van der Waals surface area contributed by atoms with Gasteiger partial charge >= 0.3 is 0 Å². The summed E-state index contributed by atoms with van der Waals surface area (Å²) in [6.45, 7) is 6.36. The second-order valence-corrected chi connectivity index (χ2v) is 6.81. The highest BCUT2D eigenvalue weighted by atomic mass is 32.2. The second-order valence-electron chi connectivity index (χ2n) is 4.85. The minimum atomic E-state index is -3.45. The fraction of sp³-hybridized carbons (Fsp3) is 0.500. The standard InChI is InChI=1S/C12H17N3O3S/c1-9(2)6-15-12(13-8-14-15)7-19(16,17)11-4-5-18-10(11)3/h4-5,8-9H,6-7H2,1-3H3. The Kier molecular flexibility index (Phi) is 3.75. The number of aryl methyl sites for hydroxylation is 1. The Hall–Kier alpha value is -1.63. The average molecular weight is 283 g/mol. The first kappa shape index (κ1) is 13.8. The van der Waals surface area contributed by atoms with Gasteiger partial charge in [-0.25, -0.2) is 18.1 Å². The van der Waals surface area contributed by atoms with Gasteiger partial charge in [-0.1, -0.05) is 13.8 Å². The van der Waals surface area contributed by atoms with Crippen molar-refractivity contribution in [1.29, 1.82) is 0 Å². The zero-order chi connectivity index (χ0) is 14.0. The maximum absolute atomic E-state index is 12.3. The minimum absolute atomic E-state index is 0.167. The van der Waals surface area contributed by atoms with Crippen molar-refractivity contribution in [3.8, 4) is 0 Å². The molecule has 2 heterocycles. The van der Waals surface area contributed by atoms with E-state index in [0.29, 0.717) is 24.0 Å². The molecule has 0 atom stereocenters. The Balaban J connectivity index is 2.27. The molecule has 0 fully saturated rings. The third-order valence-corrected chi connectivity index (χ3v) is 4.43. The van der Waals surface area contributed by atoms with Gasteiger partial charge in [0.05, 0.1) is 6.26 Å². The smallest absolute Gasteiger partial charge is 0.189 e. The molecule has 104 valence electrons. The van der Waals surface area contributed by atoms with Gasteiger partial charge in [0.2, 0.25) is 0 Å². The highest BCUT2D eigenvalue weighted by molar-refractivity contribution is 7.90. The summed E-state index contributed by atoms with van der Waals surface area (Å²) in [6.07, 6.45) is 2.76. The quantitative estimate of drug-likeness (QED) is 0.836. The van der Waals surface area contributed by atoms with Crippen molar-refractivity contribution in [1.82, 2.24) is 14.8 Å². The molecule has 0 aliphatic carbocycles. The van der Waals surface area contributed by atoms with Crippen LogP contribution in [0.3, 0.4) is 0 Å². The molecule has 0 radical (unpaired) electrons. The van der Waals surface area contributed by atoms with Crippen molar-refractivity contribution in [3.63, 3.8) is 0 Å². The van der Waals surface area contributed by atoms with E-state index in [2.05, 4.69) is 10.1 Å². The number of aromatic nitrogens is 3. The normalized spacial score (nSPS) is 12.2. The number of hydrogen-bond acceptors (Lipinski definition) is 5. The molecule has 0 amide bonds. The molecule has 0 saturated heterocycles. The lowest BCUT2D eigenvalue weighted by molar-refractivity contribution is 0.469. The number of sulfone groups is 1. The Bertz CT molecular complexity index is 655. The van der Waals surface area contributed by atoms with Crippen LogP contribution in [0.25, 0.3) is 0 Å². The monoisotopic (exact) mass is 283 g/mol. The molecule has 19 heavy (non-hydrogen) atoms. The van der Waals surface area contributed by atoms with Crippen LogP contribution in [-0.2, 0) is 22.1 Å². The first-order valence-corrected chi connectivity index (χ1v) is 7.69. The van der Waals surface area contributed by atoms with Crippen LogP contribution in [0, 0.1) is 12.8 Å². The van der Waals surface area contributed by atoms with Crippen molar-refractivity contribution in [2.24, 2.45) is 5.92 Å². The van der Waals surface area contributed by atoms with Crippen LogP contribution in [0.15, 0.2) is 28.0 Å². The van der Waals surface area contributed by atoms with Crippen LogP contribution in [0.4, 0.5) is 0 Å². The zero-order valence-electron chi connectivity index (χ0n) is 11.2. The van der Waals surface area contributed by atoms with Gasteiger partial charge < -0.3 is 4.42 Å². The fourth-order valence-corrected chi connectivity index (χ4v) is 3.31. The molecular formula is C12H17N3O3S. The Morgan fingerprint density at radius 1 is 1.42 bits per heavy atom. The van der Waals surface area contributed by atoms with E-state index < -0.39 is 9.84 Å². The van der Waals surface area contributed by atoms with Gasteiger partial charge in [0.1, 0.15) is 28.6 Å². The van der Waals surface area contributed by atoms with Crippen molar-refractivity contribution >= 4 is 9.84 Å². The highest BCUT2D eigenvalue weighted by Crippen LogP contribution is 2.20. The van der Waals surface area contributed by atoms with Gasteiger partial charge in [-0.15, -0.1) is 0 Å². The Labute approximate surface area is 112 Å². The van der Waals surface area contributed by atoms with Crippen molar-refractivity contribution in [2.45, 2.75) is 38.0 Å². The maximum Gasteiger partial charge on any atom is 0.189 e. The molecule has 0 aromatic carbocycles. The third-order valence-electron chi connectivity index (χ3n) is 2.70. The molecule has 0 N–H and O–H groups in total. The van der Waals surface area contributed by atoms with Crippen molar-refractivity contribution in [3.05, 3.63) is 30.2 Å². The lowest BCUT2D eigenvalue weighted by Crippen LogP contribution is -2.14. The summed E-state index contributed by atoms with van der Waals surface area (Å²) in [5, 5.41) is 4.06. The molecular weight excluding hydrogens is 266 g/mol. The molecule has 6 nitrogen and oxygen atoms in total. The van der Waals surface area contributed by atoms with Crippen LogP contribution in [0.5, 0.6) is 0 Å². The van der Waals surface area contributed by atoms with E-state index in [4.69, 9.17) is 4.42 Å². The predicted octanol–water partition coefficient (Wildman–Crippen LogP) is 1.81. The van der Waals surface area contributed by atoms with Gasteiger partial charge in [-0.3, -0.25) is 0 Å². The molecule has 2 rings (SSSR count). The molecule has 0 unspecified atom stereocenters. The van der Waals surface area contributed by atoms with Crippen LogP contribution in [-0.4, -0.2) is 23.2 Å². The Morgan fingerprint density at radius 2 is 2.16 bits per heavy atom. The number of rotatable bonds is 5. The molecule has 2 aromatic heterocycles. The van der Waals surface area contributed by atoms with E-state index in [1.165, 1.54) is 18.7 Å². The molecule has 7 heteroatoms. The summed E-state index contributed by atoms with van der Waals surface area (Å²) in [7, 11) is -3.45. The van der Waals surface area contributed by atoms with Crippen LogP contribution >= 0.6 is 0 Å². The van der Waals surface area contributed by atoms with E-state index in [-0.39, 0.29) is 10.6 Å². The third kappa shape index (κ3) is 3.04. The van der Waals surface area contributed by atoms with Gasteiger partial charge in [0.25, 0.3) is 0 Å². The van der Waals surface area contributed by atoms with Gasteiger partial charge in [0.15, 0.2) is 9.84 Å². The zero-order valence-corrected chi connectivity index (χ0v) is 12.0.